The molecule has 1 N–H and O–H groups in total. The van der Waals surface area contributed by atoms with Gasteiger partial charge in [-0.25, -0.2) is 0 Å². The standard InChI is InChI=1S/C21H28N2O2S/c1-17-11-9-10-16-23(17)26(24,25)22-18(2)21(19-12-5-3-6-13-19)20-14-7-4-8-15-20/h3-8,12-15,17-18,21-22H,9-11,16H2,1-2H3/t17-,18-/m1/s1. The van der Waals surface area contributed by atoms with Gasteiger partial charge in [-0.2, -0.15) is 17.4 Å². The van der Waals surface area contributed by atoms with Gasteiger partial charge in [0, 0.05) is 24.5 Å². The van der Waals surface area contributed by atoms with Crippen LogP contribution in [0, 0.1) is 0 Å². The van der Waals surface area contributed by atoms with Gasteiger partial charge in [-0.3, -0.25) is 0 Å². The lowest BCUT2D eigenvalue weighted by atomic mass is 9.86. The van der Waals surface area contributed by atoms with Gasteiger partial charge in [0.05, 0.1) is 0 Å². The first kappa shape index (κ1) is 19.1. The van der Waals surface area contributed by atoms with Crippen LogP contribution in [0.1, 0.15) is 50.2 Å². The second kappa shape index (κ2) is 8.33. The molecule has 0 aromatic heterocycles. The van der Waals surface area contributed by atoms with E-state index in [1.54, 1.807) is 4.31 Å². The maximum absolute atomic E-state index is 13.0. The Labute approximate surface area is 157 Å². The third-order valence-electron chi connectivity index (χ3n) is 5.20. The Morgan fingerprint density at radius 2 is 1.50 bits per heavy atom. The van der Waals surface area contributed by atoms with Crippen LogP contribution in [0.5, 0.6) is 0 Å². The fraction of sp³-hybridized carbons (Fsp3) is 0.429. The quantitative estimate of drug-likeness (QED) is 0.836. The number of piperidine rings is 1. The first-order valence-corrected chi connectivity index (χ1v) is 10.8. The molecule has 1 saturated heterocycles. The van der Waals surface area contributed by atoms with Crippen molar-refractivity contribution in [1.82, 2.24) is 9.03 Å². The zero-order chi connectivity index (χ0) is 18.6. The predicted molar refractivity (Wildman–Crippen MR) is 106 cm³/mol. The van der Waals surface area contributed by atoms with Crippen LogP contribution in [0.15, 0.2) is 60.7 Å². The summed E-state index contributed by atoms with van der Waals surface area (Å²) in [4.78, 5) is 0. The first-order valence-electron chi connectivity index (χ1n) is 9.38. The maximum atomic E-state index is 13.0. The molecule has 0 aliphatic carbocycles. The monoisotopic (exact) mass is 372 g/mol. The van der Waals surface area contributed by atoms with Crippen LogP contribution in [-0.2, 0) is 10.2 Å². The molecule has 1 aliphatic rings. The van der Waals surface area contributed by atoms with Crippen molar-refractivity contribution in [1.29, 1.82) is 0 Å². The average Bonchev–Trinajstić information content (AvgIpc) is 2.63. The highest BCUT2D eigenvalue weighted by Gasteiger charge is 2.33. The summed E-state index contributed by atoms with van der Waals surface area (Å²) in [6.07, 6.45) is 2.95. The number of benzene rings is 2. The van der Waals surface area contributed by atoms with E-state index in [2.05, 4.69) is 29.0 Å². The summed E-state index contributed by atoms with van der Waals surface area (Å²) in [5, 5.41) is 0. The molecule has 0 unspecified atom stereocenters. The number of hydrogen-bond acceptors (Lipinski definition) is 2. The van der Waals surface area contributed by atoms with Crippen LogP contribution in [-0.4, -0.2) is 31.4 Å². The zero-order valence-corrected chi connectivity index (χ0v) is 16.3. The van der Waals surface area contributed by atoms with E-state index in [4.69, 9.17) is 0 Å². The van der Waals surface area contributed by atoms with Gasteiger partial charge in [-0.05, 0) is 37.8 Å². The number of nitrogens with one attached hydrogen (secondary N) is 1. The summed E-state index contributed by atoms with van der Waals surface area (Å²) >= 11 is 0. The van der Waals surface area contributed by atoms with Crippen molar-refractivity contribution in [2.24, 2.45) is 0 Å². The largest absolute Gasteiger partial charge is 0.279 e. The average molecular weight is 373 g/mol. The Balaban J connectivity index is 1.87. The molecule has 26 heavy (non-hydrogen) atoms. The lowest BCUT2D eigenvalue weighted by Crippen LogP contribution is -2.51. The molecule has 2 aromatic carbocycles. The Kier molecular flexibility index (Phi) is 6.12. The molecule has 140 valence electrons. The number of hydrogen-bond donors (Lipinski definition) is 1. The molecule has 0 spiro atoms. The van der Waals surface area contributed by atoms with Gasteiger partial charge in [-0.15, -0.1) is 0 Å². The summed E-state index contributed by atoms with van der Waals surface area (Å²) in [5.41, 5.74) is 2.22. The fourth-order valence-electron chi connectivity index (χ4n) is 3.89. The zero-order valence-electron chi connectivity index (χ0n) is 15.5. The van der Waals surface area contributed by atoms with Crippen molar-refractivity contribution >= 4 is 10.2 Å². The molecule has 0 bridgehead atoms. The molecule has 1 aliphatic heterocycles. The minimum absolute atomic E-state index is 0.0349. The minimum Gasteiger partial charge on any atom is -0.198 e. The van der Waals surface area contributed by atoms with Gasteiger partial charge < -0.3 is 0 Å². The van der Waals surface area contributed by atoms with Crippen LogP contribution in [0.25, 0.3) is 0 Å². The summed E-state index contributed by atoms with van der Waals surface area (Å²) in [5.74, 6) is -0.0349. The Hall–Kier alpha value is -1.69. The molecule has 1 heterocycles. The minimum atomic E-state index is -3.51. The van der Waals surface area contributed by atoms with Crippen LogP contribution >= 0.6 is 0 Å². The van der Waals surface area contributed by atoms with Gasteiger partial charge in [-0.1, -0.05) is 67.1 Å². The van der Waals surface area contributed by atoms with E-state index in [0.29, 0.717) is 6.54 Å². The van der Waals surface area contributed by atoms with Crippen LogP contribution in [0.2, 0.25) is 0 Å². The van der Waals surface area contributed by atoms with Gasteiger partial charge in [0.15, 0.2) is 0 Å². The number of rotatable bonds is 6. The van der Waals surface area contributed by atoms with Gasteiger partial charge >= 0.3 is 0 Å². The smallest absolute Gasteiger partial charge is 0.198 e. The second-order valence-electron chi connectivity index (χ2n) is 7.17. The highest BCUT2D eigenvalue weighted by atomic mass is 32.2. The summed E-state index contributed by atoms with van der Waals surface area (Å²) in [6.45, 7) is 4.55. The van der Waals surface area contributed by atoms with Gasteiger partial charge in [0.1, 0.15) is 0 Å². The molecule has 2 atom stereocenters. The van der Waals surface area contributed by atoms with Gasteiger partial charge in [0.2, 0.25) is 0 Å². The van der Waals surface area contributed by atoms with E-state index in [1.807, 2.05) is 50.2 Å². The second-order valence-corrected chi connectivity index (χ2v) is 8.82. The number of nitrogens with zero attached hydrogens (tertiary/aromatic N) is 1. The molecule has 3 rings (SSSR count). The van der Waals surface area contributed by atoms with Crippen molar-refractivity contribution in [2.45, 2.75) is 51.1 Å². The lowest BCUT2D eigenvalue weighted by molar-refractivity contribution is 0.263. The predicted octanol–water partition coefficient (Wildman–Crippen LogP) is 3.92. The van der Waals surface area contributed by atoms with E-state index in [1.165, 1.54) is 0 Å². The fourth-order valence-corrected chi connectivity index (χ4v) is 5.58. The molecule has 2 aromatic rings. The molecule has 1 fully saturated rings. The van der Waals surface area contributed by atoms with Crippen LogP contribution < -0.4 is 4.72 Å². The molecule has 5 heteroatoms. The van der Waals surface area contributed by atoms with Gasteiger partial charge in [0.25, 0.3) is 10.2 Å². The van der Waals surface area contributed by atoms with Crippen molar-refractivity contribution in [2.75, 3.05) is 6.54 Å². The van der Waals surface area contributed by atoms with Crippen LogP contribution in [0.4, 0.5) is 0 Å². The van der Waals surface area contributed by atoms with Crippen molar-refractivity contribution < 1.29 is 8.42 Å². The van der Waals surface area contributed by atoms with E-state index >= 15 is 0 Å². The SMILES string of the molecule is C[C@@H]1CCCCN1S(=O)(=O)N[C@H](C)C(c1ccccc1)c1ccccc1. The molecular formula is C21H28N2O2S. The summed E-state index contributed by atoms with van der Waals surface area (Å²) < 4.78 is 30.6. The molecule has 0 radical (unpaired) electrons. The third-order valence-corrected chi connectivity index (χ3v) is 7.03. The Morgan fingerprint density at radius 3 is 2.00 bits per heavy atom. The maximum Gasteiger partial charge on any atom is 0.279 e. The van der Waals surface area contributed by atoms with Crippen molar-refractivity contribution in [3.05, 3.63) is 71.8 Å². The van der Waals surface area contributed by atoms with Crippen molar-refractivity contribution in [3.8, 4) is 0 Å². The van der Waals surface area contributed by atoms with E-state index < -0.39 is 10.2 Å². The normalized spacial score (nSPS) is 20.2. The van der Waals surface area contributed by atoms with Crippen LogP contribution in [0.3, 0.4) is 0 Å². The Morgan fingerprint density at radius 1 is 0.962 bits per heavy atom. The Bertz CT molecular complexity index is 754. The summed E-state index contributed by atoms with van der Waals surface area (Å²) in [7, 11) is -3.51. The van der Waals surface area contributed by atoms with E-state index in [0.717, 1.165) is 30.4 Å². The van der Waals surface area contributed by atoms with Crippen molar-refractivity contribution in [3.63, 3.8) is 0 Å². The topological polar surface area (TPSA) is 49.4 Å². The molecule has 0 amide bonds. The first-order chi connectivity index (χ1) is 12.5. The van der Waals surface area contributed by atoms with E-state index in [9.17, 15) is 8.42 Å². The molecule has 0 saturated carbocycles. The summed E-state index contributed by atoms with van der Waals surface area (Å²) in [6, 6.07) is 20.0. The molecule has 4 nitrogen and oxygen atoms in total. The van der Waals surface area contributed by atoms with E-state index in [-0.39, 0.29) is 18.0 Å². The highest BCUT2D eigenvalue weighted by molar-refractivity contribution is 7.87. The highest BCUT2D eigenvalue weighted by Crippen LogP contribution is 2.29. The lowest BCUT2D eigenvalue weighted by Gasteiger charge is -2.34. The molecular weight excluding hydrogens is 344 g/mol. The third kappa shape index (κ3) is 4.34.